The lowest BCUT2D eigenvalue weighted by atomic mass is 10.2. The van der Waals surface area contributed by atoms with Crippen LogP contribution >= 0.6 is 11.3 Å². The Labute approximate surface area is 114 Å². The maximum atomic E-state index is 10.5. The fraction of sp³-hybridized carbons (Fsp3) is 0.250. The molecule has 2 aromatic rings. The predicted molar refractivity (Wildman–Crippen MR) is 72.3 cm³/mol. The lowest BCUT2D eigenvalue weighted by molar-refractivity contribution is -0.380. The van der Waals surface area contributed by atoms with Crippen LogP contribution in [0.4, 0.5) is 5.00 Å². The average Bonchev–Trinajstić information content (AvgIpc) is 2.89. The summed E-state index contributed by atoms with van der Waals surface area (Å²) in [7, 11) is 1.57. The Balaban J connectivity index is 1.83. The highest BCUT2D eigenvalue weighted by molar-refractivity contribution is 7.13. The van der Waals surface area contributed by atoms with Gasteiger partial charge in [-0.15, -0.1) is 0 Å². The second-order valence-electron chi connectivity index (χ2n) is 3.86. The number of hydrogen-bond acceptors (Lipinski definition) is 6. The highest BCUT2D eigenvalue weighted by Gasteiger charge is 2.08. The topological polar surface area (TPSA) is 77.3 Å². The first-order valence-electron chi connectivity index (χ1n) is 5.60. The molecule has 6 nitrogen and oxygen atoms in total. The van der Waals surface area contributed by atoms with Crippen molar-refractivity contribution in [1.82, 2.24) is 10.3 Å². The molecule has 0 fully saturated rings. The molecular formula is C12H13N3O3S. The lowest BCUT2D eigenvalue weighted by Gasteiger charge is -2.04. The van der Waals surface area contributed by atoms with Crippen molar-refractivity contribution < 1.29 is 9.66 Å². The first-order valence-corrected chi connectivity index (χ1v) is 6.48. The summed E-state index contributed by atoms with van der Waals surface area (Å²) in [6.07, 6.45) is 1.74. The number of nitro groups is 1. The molecule has 0 aromatic carbocycles. The van der Waals surface area contributed by atoms with Gasteiger partial charge in [-0.1, -0.05) is 17.4 Å². The second-order valence-corrected chi connectivity index (χ2v) is 4.75. The van der Waals surface area contributed by atoms with Gasteiger partial charge in [-0.2, -0.15) is 0 Å². The molecule has 0 saturated heterocycles. The molecule has 0 spiro atoms. The average molecular weight is 279 g/mol. The molecule has 0 aliphatic heterocycles. The third-order valence-electron chi connectivity index (χ3n) is 2.48. The summed E-state index contributed by atoms with van der Waals surface area (Å²) >= 11 is 1.14. The molecular weight excluding hydrogens is 266 g/mol. The molecule has 2 rings (SSSR count). The third-order valence-corrected chi connectivity index (χ3v) is 3.41. The van der Waals surface area contributed by atoms with Gasteiger partial charge in [0.05, 0.1) is 12.0 Å². The number of hydrogen-bond donors (Lipinski definition) is 1. The van der Waals surface area contributed by atoms with E-state index in [2.05, 4.69) is 10.3 Å². The number of thiophene rings is 1. The van der Waals surface area contributed by atoms with Gasteiger partial charge in [-0.25, -0.2) is 4.98 Å². The molecule has 100 valence electrons. The normalized spacial score (nSPS) is 10.4. The van der Waals surface area contributed by atoms with E-state index in [-0.39, 0.29) is 9.92 Å². The number of nitrogens with one attached hydrogen (secondary N) is 1. The SMILES string of the molecule is COc1ccc(CNCc2csc([N+](=O)[O-])c2)cn1. The van der Waals surface area contributed by atoms with E-state index in [1.165, 1.54) is 0 Å². The monoisotopic (exact) mass is 279 g/mol. The van der Waals surface area contributed by atoms with Crippen molar-refractivity contribution in [3.63, 3.8) is 0 Å². The Morgan fingerprint density at radius 2 is 2.21 bits per heavy atom. The van der Waals surface area contributed by atoms with E-state index >= 15 is 0 Å². The molecule has 2 heterocycles. The quantitative estimate of drug-likeness (QED) is 0.648. The van der Waals surface area contributed by atoms with Crippen molar-refractivity contribution in [3.05, 3.63) is 51.0 Å². The second kappa shape index (κ2) is 6.26. The molecule has 0 unspecified atom stereocenters. The molecule has 0 atom stereocenters. The van der Waals surface area contributed by atoms with Crippen LogP contribution in [0.5, 0.6) is 5.88 Å². The molecule has 0 amide bonds. The Morgan fingerprint density at radius 1 is 1.42 bits per heavy atom. The molecule has 0 aliphatic carbocycles. The van der Waals surface area contributed by atoms with E-state index in [1.54, 1.807) is 30.8 Å². The number of aromatic nitrogens is 1. The minimum atomic E-state index is -0.373. The van der Waals surface area contributed by atoms with Crippen LogP contribution in [-0.4, -0.2) is 17.0 Å². The van der Waals surface area contributed by atoms with Gasteiger partial charge in [0, 0.05) is 36.8 Å². The van der Waals surface area contributed by atoms with E-state index in [9.17, 15) is 10.1 Å². The van der Waals surface area contributed by atoms with Gasteiger partial charge in [-0.3, -0.25) is 10.1 Å². The Morgan fingerprint density at radius 3 is 2.79 bits per heavy atom. The first kappa shape index (κ1) is 13.4. The van der Waals surface area contributed by atoms with Crippen LogP contribution in [0.3, 0.4) is 0 Å². The summed E-state index contributed by atoms with van der Waals surface area (Å²) in [6, 6.07) is 5.31. The van der Waals surface area contributed by atoms with Crippen LogP contribution in [0.25, 0.3) is 0 Å². The third kappa shape index (κ3) is 3.73. The van der Waals surface area contributed by atoms with Crippen LogP contribution in [0.2, 0.25) is 0 Å². The van der Waals surface area contributed by atoms with Crippen molar-refractivity contribution in [1.29, 1.82) is 0 Å². The predicted octanol–water partition coefficient (Wildman–Crippen LogP) is 2.35. The van der Waals surface area contributed by atoms with Crippen molar-refractivity contribution in [2.45, 2.75) is 13.1 Å². The maximum Gasteiger partial charge on any atom is 0.324 e. The molecule has 2 aromatic heterocycles. The molecule has 0 radical (unpaired) electrons. The minimum absolute atomic E-state index is 0.169. The number of ether oxygens (including phenoxy) is 1. The van der Waals surface area contributed by atoms with Gasteiger partial charge in [-0.05, 0) is 11.1 Å². The van der Waals surface area contributed by atoms with E-state index < -0.39 is 0 Å². The number of nitrogens with zero attached hydrogens (tertiary/aromatic N) is 2. The standard InChI is InChI=1S/C12H13N3O3S/c1-18-11-3-2-9(7-14-11)5-13-6-10-4-12(15(16)17)19-8-10/h2-4,7-8,13H,5-6H2,1H3. The van der Waals surface area contributed by atoms with E-state index in [0.717, 1.165) is 22.5 Å². The summed E-state index contributed by atoms with van der Waals surface area (Å²) in [5.74, 6) is 0.581. The molecule has 1 N–H and O–H groups in total. The van der Waals surface area contributed by atoms with Gasteiger partial charge in [0.2, 0.25) is 5.88 Å². The van der Waals surface area contributed by atoms with Crippen LogP contribution in [-0.2, 0) is 13.1 Å². The van der Waals surface area contributed by atoms with Gasteiger partial charge >= 0.3 is 5.00 Å². The fourth-order valence-corrected chi connectivity index (χ4v) is 2.27. The van der Waals surface area contributed by atoms with Crippen LogP contribution in [0.15, 0.2) is 29.8 Å². The van der Waals surface area contributed by atoms with Crippen molar-refractivity contribution in [3.8, 4) is 5.88 Å². The largest absolute Gasteiger partial charge is 0.481 e. The first-order chi connectivity index (χ1) is 9.19. The van der Waals surface area contributed by atoms with E-state index in [1.807, 2.05) is 6.07 Å². The van der Waals surface area contributed by atoms with Crippen LogP contribution in [0.1, 0.15) is 11.1 Å². The zero-order valence-corrected chi connectivity index (χ0v) is 11.1. The highest BCUT2D eigenvalue weighted by atomic mass is 32.1. The van der Waals surface area contributed by atoms with Crippen molar-refractivity contribution in [2.24, 2.45) is 0 Å². The molecule has 0 bridgehead atoms. The summed E-state index contributed by atoms with van der Waals surface area (Å²) < 4.78 is 4.97. The van der Waals surface area contributed by atoms with Crippen molar-refractivity contribution in [2.75, 3.05) is 7.11 Å². The van der Waals surface area contributed by atoms with E-state index in [0.29, 0.717) is 19.0 Å². The van der Waals surface area contributed by atoms with Gasteiger partial charge in [0.1, 0.15) is 0 Å². The van der Waals surface area contributed by atoms with Gasteiger partial charge in [0.15, 0.2) is 0 Å². The molecule has 0 saturated carbocycles. The zero-order chi connectivity index (χ0) is 13.7. The smallest absolute Gasteiger partial charge is 0.324 e. The highest BCUT2D eigenvalue weighted by Crippen LogP contribution is 2.22. The Bertz CT molecular complexity index is 554. The summed E-state index contributed by atoms with van der Waals surface area (Å²) in [6.45, 7) is 1.25. The van der Waals surface area contributed by atoms with Crippen LogP contribution < -0.4 is 10.1 Å². The Hall–Kier alpha value is -1.99. The van der Waals surface area contributed by atoms with Gasteiger partial charge in [0.25, 0.3) is 0 Å². The van der Waals surface area contributed by atoms with Crippen LogP contribution in [0, 0.1) is 10.1 Å². The number of pyridine rings is 1. The molecule has 19 heavy (non-hydrogen) atoms. The maximum absolute atomic E-state index is 10.5. The molecule has 7 heteroatoms. The summed E-state index contributed by atoms with van der Waals surface area (Å²) in [5.41, 5.74) is 1.95. The lowest BCUT2D eigenvalue weighted by Crippen LogP contribution is -2.12. The molecule has 0 aliphatic rings. The summed E-state index contributed by atoms with van der Waals surface area (Å²) in [5, 5.41) is 15.7. The van der Waals surface area contributed by atoms with E-state index in [4.69, 9.17) is 4.74 Å². The van der Waals surface area contributed by atoms with Gasteiger partial charge < -0.3 is 10.1 Å². The zero-order valence-electron chi connectivity index (χ0n) is 10.3. The number of rotatable bonds is 6. The minimum Gasteiger partial charge on any atom is -0.481 e. The Kier molecular flexibility index (Phi) is 4.43. The van der Waals surface area contributed by atoms with Crippen molar-refractivity contribution >= 4 is 16.3 Å². The summed E-state index contributed by atoms with van der Waals surface area (Å²) in [4.78, 5) is 14.3. The number of methoxy groups -OCH3 is 1. The fourth-order valence-electron chi connectivity index (χ4n) is 1.54.